The summed E-state index contributed by atoms with van der Waals surface area (Å²) in [6.07, 6.45) is -0.0655. The third kappa shape index (κ3) is 5.89. The lowest BCUT2D eigenvalue weighted by Gasteiger charge is -2.36. The summed E-state index contributed by atoms with van der Waals surface area (Å²) in [6, 6.07) is 20.3. The molecule has 156 valence electrons. The predicted octanol–water partition coefficient (Wildman–Crippen LogP) is 2.92. The molecule has 0 bridgehead atoms. The maximum Gasteiger partial charge on any atom is 0.239 e. The highest BCUT2D eigenvalue weighted by atomic mass is 16.5. The monoisotopic (exact) mass is 395 g/mol. The highest BCUT2D eigenvalue weighted by molar-refractivity contribution is 5.82. The van der Waals surface area contributed by atoms with Crippen molar-refractivity contribution in [1.82, 2.24) is 9.80 Å². The van der Waals surface area contributed by atoms with Crippen molar-refractivity contribution in [2.75, 3.05) is 39.3 Å². The number of nitrogens with two attached hydrogens (primary N) is 1. The molecule has 1 aliphatic rings. The Balaban J connectivity index is 1.50. The van der Waals surface area contributed by atoms with Gasteiger partial charge in [-0.25, -0.2) is 0 Å². The third-order valence-corrected chi connectivity index (χ3v) is 5.58. The molecule has 1 fully saturated rings. The second-order valence-electron chi connectivity index (χ2n) is 8.01. The highest BCUT2D eigenvalue weighted by Gasteiger charge is 2.26. The molecule has 1 aliphatic heterocycles. The molecule has 1 atom stereocenters. The van der Waals surface area contributed by atoms with Crippen molar-refractivity contribution in [2.45, 2.75) is 26.0 Å². The van der Waals surface area contributed by atoms with Gasteiger partial charge >= 0.3 is 0 Å². The van der Waals surface area contributed by atoms with Gasteiger partial charge in [0, 0.05) is 32.7 Å². The molecule has 3 rings (SSSR count). The summed E-state index contributed by atoms with van der Waals surface area (Å²) in [5.41, 5.74) is 8.35. The first-order valence-electron chi connectivity index (χ1n) is 10.5. The van der Waals surface area contributed by atoms with Gasteiger partial charge < -0.3 is 15.4 Å². The summed E-state index contributed by atoms with van der Waals surface area (Å²) in [5, 5.41) is 0. The van der Waals surface area contributed by atoms with Crippen LogP contribution in [0.25, 0.3) is 0 Å². The Morgan fingerprint density at radius 1 is 0.931 bits per heavy atom. The molecular formula is C24H33N3O2. The maximum absolute atomic E-state index is 12.4. The number of hydrogen-bond donors (Lipinski definition) is 1. The molecule has 0 aromatic heterocycles. The number of hydrogen-bond acceptors (Lipinski definition) is 4. The molecule has 2 aromatic carbocycles. The van der Waals surface area contributed by atoms with E-state index in [0.717, 1.165) is 43.9 Å². The van der Waals surface area contributed by atoms with Gasteiger partial charge in [-0.05, 0) is 17.0 Å². The molecule has 29 heavy (non-hydrogen) atoms. The minimum atomic E-state index is -0.401. The van der Waals surface area contributed by atoms with E-state index >= 15 is 0 Å². The van der Waals surface area contributed by atoms with Crippen molar-refractivity contribution >= 4 is 5.91 Å². The van der Waals surface area contributed by atoms with Gasteiger partial charge in [-0.3, -0.25) is 9.69 Å². The number of nitrogens with zero attached hydrogens (tertiary/aromatic N) is 2. The largest absolute Gasteiger partial charge is 0.367 e. The SMILES string of the molecule is CC(C)[C@H](N)C(=O)N1CCN(CCOC(c2ccccc2)c2ccccc2)CC1. The van der Waals surface area contributed by atoms with Crippen LogP contribution in [-0.2, 0) is 9.53 Å². The van der Waals surface area contributed by atoms with Crippen LogP contribution >= 0.6 is 0 Å². The number of carbonyl (C=O) groups excluding carboxylic acids is 1. The van der Waals surface area contributed by atoms with Crippen LogP contribution in [0.5, 0.6) is 0 Å². The fourth-order valence-electron chi connectivity index (χ4n) is 3.63. The predicted molar refractivity (Wildman–Crippen MR) is 117 cm³/mol. The minimum Gasteiger partial charge on any atom is -0.367 e. The Hall–Kier alpha value is -2.21. The Kier molecular flexibility index (Phi) is 7.81. The van der Waals surface area contributed by atoms with Crippen molar-refractivity contribution in [3.8, 4) is 0 Å². The summed E-state index contributed by atoms with van der Waals surface area (Å²) in [7, 11) is 0. The molecule has 2 N–H and O–H groups in total. The number of benzene rings is 2. The molecular weight excluding hydrogens is 362 g/mol. The molecule has 5 heteroatoms. The van der Waals surface area contributed by atoms with Crippen LogP contribution < -0.4 is 5.73 Å². The van der Waals surface area contributed by atoms with Gasteiger partial charge in [0.15, 0.2) is 0 Å². The second kappa shape index (κ2) is 10.5. The molecule has 1 saturated heterocycles. The standard InChI is InChI=1S/C24H33N3O2/c1-19(2)22(25)24(28)27-15-13-26(14-16-27)17-18-29-23(20-9-5-3-6-10-20)21-11-7-4-8-12-21/h3-12,19,22-23H,13-18,25H2,1-2H3/t22-/m0/s1. The van der Waals surface area contributed by atoms with E-state index in [1.165, 1.54) is 0 Å². The lowest BCUT2D eigenvalue weighted by Crippen LogP contribution is -2.54. The van der Waals surface area contributed by atoms with E-state index in [0.29, 0.717) is 6.61 Å². The average molecular weight is 396 g/mol. The molecule has 0 spiro atoms. The van der Waals surface area contributed by atoms with Gasteiger partial charge in [-0.1, -0.05) is 74.5 Å². The minimum absolute atomic E-state index is 0.0655. The van der Waals surface area contributed by atoms with Crippen molar-refractivity contribution in [2.24, 2.45) is 11.7 Å². The van der Waals surface area contributed by atoms with Crippen LogP contribution in [0.4, 0.5) is 0 Å². The van der Waals surface area contributed by atoms with E-state index < -0.39 is 6.04 Å². The number of amides is 1. The Morgan fingerprint density at radius 2 is 1.45 bits per heavy atom. The van der Waals surface area contributed by atoms with Gasteiger partial charge in [0.25, 0.3) is 0 Å². The van der Waals surface area contributed by atoms with Crippen molar-refractivity contribution in [3.05, 3.63) is 71.8 Å². The molecule has 5 nitrogen and oxygen atoms in total. The van der Waals surface area contributed by atoms with Crippen molar-refractivity contribution in [3.63, 3.8) is 0 Å². The Bertz CT molecular complexity index is 704. The zero-order valence-electron chi connectivity index (χ0n) is 17.5. The molecule has 0 unspecified atom stereocenters. The first-order chi connectivity index (χ1) is 14.1. The van der Waals surface area contributed by atoms with E-state index in [1.807, 2.05) is 55.1 Å². The Morgan fingerprint density at radius 3 is 1.93 bits per heavy atom. The summed E-state index contributed by atoms with van der Waals surface area (Å²) in [6.45, 7) is 8.68. The van der Waals surface area contributed by atoms with Crippen molar-refractivity contribution < 1.29 is 9.53 Å². The highest BCUT2D eigenvalue weighted by Crippen LogP contribution is 2.25. The molecule has 1 heterocycles. The first kappa shape index (κ1) is 21.5. The number of piperazine rings is 1. The molecule has 0 radical (unpaired) electrons. The van der Waals surface area contributed by atoms with E-state index in [-0.39, 0.29) is 17.9 Å². The van der Waals surface area contributed by atoms with Crippen LogP contribution in [0.3, 0.4) is 0 Å². The second-order valence-corrected chi connectivity index (χ2v) is 8.01. The number of carbonyl (C=O) groups is 1. The normalized spacial score (nSPS) is 16.4. The van der Waals surface area contributed by atoms with Gasteiger partial charge in [0.05, 0.1) is 12.6 Å². The zero-order chi connectivity index (χ0) is 20.6. The van der Waals surface area contributed by atoms with E-state index in [1.54, 1.807) is 0 Å². The number of ether oxygens (including phenoxy) is 1. The third-order valence-electron chi connectivity index (χ3n) is 5.58. The van der Waals surface area contributed by atoms with E-state index in [2.05, 4.69) is 29.2 Å². The topological polar surface area (TPSA) is 58.8 Å². The molecule has 2 aromatic rings. The van der Waals surface area contributed by atoms with Gasteiger partial charge in [0.2, 0.25) is 5.91 Å². The zero-order valence-corrected chi connectivity index (χ0v) is 17.5. The fourth-order valence-corrected chi connectivity index (χ4v) is 3.63. The van der Waals surface area contributed by atoms with E-state index in [9.17, 15) is 4.79 Å². The summed E-state index contributed by atoms with van der Waals surface area (Å²) in [4.78, 5) is 16.7. The van der Waals surface area contributed by atoms with Crippen LogP contribution in [0, 0.1) is 5.92 Å². The molecule has 1 amide bonds. The summed E-state index contributed by atoms with van der Waals surface area (Å²) >= 11 is 0. The summed E-state index contributed by atoms with van der Waals surface area (Å²) in [5.74, 6) is 0.242. The quantitative estimate of drug-likeness (QED) is 0.747. The van der Waals surface area contributed by atoms with Crippen molar-refractivity contribution in [1.29, 1.82) is 0 Å². The van der Waals surface area contributed by atoms with Crippen LogP contribution in [0.1, 0.15) is 31.1 Å². The van der Waals surface area contributed by atoms with Gasteiger partial charge in [-0.2, -0.15) is 0 Å². The summed E-state index contributed by atoms with van der Waals surface area (Å²) < 4.78 is 6.32. The average Bonchev–Trinajstić information content (AvgIpc) is 2.77. The van der Waals surface area contributed by atoms with Crippen LogP contribution in [0.15, 0.2) is 60.7 Å². The number of rotatable bonds is 8. The van der Waals surface area contributed by atoms with E-state index in [4.69, 9.17) is 10.5 Å². The fraction of sp³-hybridized carbons (Fsp3) is 0.458. The van der Waals surface area contributed by atoms with Crippen LogP contribution in [-0.4, -0.2) is 61.1 Å². The molecule has 0 saturated carbocycles. The van der Waals surface area contributed by atoms with Crippen LogP contribution in [0.2, 0.25) is 0 Å². The van der Waals surface area contributed by atoms with Gasteiger partial charge in [0.1, 0.15) is 6.10 Å². The van der Waals surface area contributed by atoms with Gasteiger partial charge in [-0.15, -0.1) is 0 Å². The smallest absolute Gasteiger partial charge is 0.239 e. The molecule has 0 aliphatic carbocycles. The lowest BCUT2D eigenvalue weighted by atomic mass is 10.0. The first-order valence-corrected chi connectivity index (χ1v) is 10.5. The Labute approximate surface area is 174 Å². The maximum atomic E-state index is 12.4. The lowest BCUT2D eigenvalue weighted by molar-refractivity contribution is -0.135.